The van der Waals surface area contributed by atoms with Gasteiger partial charge in [-0.1, -0.05) is 73.5 Å². The van der Waals surface area contributed by atoms with Gasteiger partial charge in [0, 0.05) is 18.2 Å². The second-order valence-corrected chi connectivity index (χ2v) is 9.12. The Kier molecular flexibility index (Phi) is 6.44. The van der Waals surface area contributed by atoms with Crippen molar-refractivity contribution >= 4 is 28.7 Å². The molecule has 0 N–H and O–H groups in total. The Bertz CT molecular complexity index is 1000. The molecule has 3 nitrogen and oxygen atoms in total. The van der Waals surface area contributed by atoms with Crippen molar-refractivity contribution < 1.29 is 9.59 Å². The normalized spacial score (nSPS) is 14.0. The Hall–Kier alpha value is -2.72. The molecule has 1 aliphatic rings. The minimum Gasteiger partial charge on any atom is -0.306 e. The highest BCUT2D eigenvalue weighted by molar-refractivity contribution is 7.18. The first kappa shape index (κ1) is 20.5. The minimum absolute atomic E-state index is 0.00362. The fourth-order valence-electron chi connectivity index (χ4n) is 4.22. The molecule has 0 saturated heterocycles. The van der Waals surface area contributed by atoms with Crippen molar-refractivity contribution in [1.29, 1.82) is 0 Å². The SMILES string of the molecule is CC(=O)c1sc(-c2ccccc2)cc1N(Cc1ccccc1)C(=O)CC1CCCC1. The van der Waals surface area contributed by atoms with Gasteiger partial charge in [0.1, 0.15) is 0 Å². The molecule has 30 heavy (non-hydrogen) atoms. The maximum Gasteiger partial charge on any atom is 0.227 e. The van der Waals surface area contributed by atoms with E-state index in [1.54, 1.807) is 6.92 Å². The average molecular weight is 418 g/mol. The molecule has 1 heterocycles. The number of rotatable bonds is 7. The van der Waals surface area contributed by atoms with Gasteiger partial charge < -0.3 is 4.90 Å². The number of anilines is 1. The van der Waals surface area contributed by atoms with E-state index in [2.05, 4.69) is 0 Å². The smallest absolute Gasteiger partial charge is 0.227 e. The van der Waals surface area contributed by atoms with E-state index >= 15 is 0 Å². The Morgan fingerprint density at radius 2 is 1.60 bits per heavy atom. The first-order chi connectivity index (χ1) is 14.6. The molecule has 4 heteroatoms. The van der Waals surface area contributed by atoms with Gasteiger partial charge in [0.05, 0.1) is 17.1 Å². The molecule has 0 radical (unpaired) electrons. The molecular weight excluding hydrogens is 390 g/mol. The van der Waals surface area contributed by atoms with E-state index in [0.717, 1.165) is 34.5 Å². The first-order valence-corrected chi connectivity index (χ1v) is 11.5. The third-order valence-electron chi connectivity index (χ3n) is 5.80. The van der Waals surface area contributed by atoms with Gasteiger partial charge in [0.15, 0.2) is 5.78 Å². The maximum atomic E-state index is 13.4. The van der Waals surface area contributed by atoms with Crippen molar-refractivity contribution in [1.82, 2.24) is 0 Å². The number of hydrogen-bond acceptors (Lipinski definition) is 3. The zero-order valence-corrected chi connectivity index (χ0v) is 18.2. The summed E-state index contributed by atoms with van der Waals surface area (Å²) in [5.41, 5.74) is 2.89. The minimum atomic E-state index is 0.00362. The number of nitrogens with zero attached hydrogens (tertiary/aromatic N) is 1. The molecule has 0 atom stereocenters. The van der Waals surface area contributed by atoms with Crippen LogP contribution in [0, 0.1) is 5.92 Å². The van der Waals surface area contributed by atoms with E-state index in [1.807, 2.05) is 71.6 Å². The number of hydrogen-bond donors (Lipinski definition) is 0. The van der Waals surface area contributed by atoms with Crippen LogP contribution in [0.5, 0.6) is 0 Å². The maximum absolute atomic E-state index is 13.4. The third-order valence-corrected chi connectivity index (χ3v) is 7.08. The molecule has 1 aliphatic carbocycles. The van der Waals surface area contributed by atoms with Crippen molar-refractivity contribution in [2.24, 2.45) is 5.92 Å². The lowest BCUT2D eigenvalue weighted by molar-refractivity contribution is -0.119. The van der Waals surface area contributed by atoms with Crippen LogP contribution in [0.25, 0.3) is 10.4 Å². The van der Waals surface area contributed by atoms with Gasteiger partial charge in [-0.05, 0) is 36.0 Å². The molecule has 3 aromatic rings. The lowest BCUT2D eigenvalue weighted by Gasteiger charge is -2.24. The molecule has 0 unspecified atom stereocenters. The Labute approximate surface area is 182 Å². The lowest BCUT2D eigenvalue weighted by Crippen LogP contribution is -2.32. The average Bonchev–Trinajstić information content (AvgIpc) is 3.43. The summed E-state index contributed by atoms with van der Waals surface area (Å²) in [5.74, 6) is 0.582. The van der Waals surface area contributed by atoms with Crippen LogP contribution in [-0.2, 0) is 11.3 Å². The van der Waals surface area contributed by atoms with E-state index in [9.17, 15) is 9.59 Å². The third kappa shape index (κ3) is 4.71. The Balaban J connectivity index is 1.72. The van der Waals surface area contributed by atoms with Gasteiger partial charge in [-0.3, -0.25) is 9.59 Å². The molecule has 0 bridgehead atoms. The molecule has 154 valence electrons. The van der Waals surface area contributed by atoms with E-state index in [-0.39, 0.29) is 11.7 Å². The number of carbonyl (C=O) groups excluding carboxylic acids is 2. The topological polar surface area (TPSA) is 37.4 Å². The number of thiophene rings is 1. The number of amides is 1. The van der Waals surface area contributed by atoms with Crippen LogP contribution in [0.15, 0.2) is 66.7 Å². The summed E-state index contributed by atoms with van der Waals surface area (Å²) in [6, 6.07) is 22.1. The summed E-state index contributed by atoms with van der Waals surface area (Å²) in [5, 5.41) is 0. The van der Waals surface area contributed by atoms with Crippen LogP contribution in [0.4, 0.5) is 5.69 Å². The van der Waals surface area contributed by atoms with Gasteiger partial charge in [-0.25, -0.2) is 0 Å². The second kappa shape index (κ2) is 9.40. The largest absolute Gasteiger partial charge is 0.306 e. The van der Waals surface area contributed by atoms with Crippen LogP contribution < -0.4 is 4.90 Å². The summed E-state index contributed by atoms with van der Waals surface area (Å²) in [6.07, 6.45) is 5.24. The van der Waals surface area contributed by atoms with Crippen LogP contribution in [-0.4, -0.2) is 11.7 Å². The number of Topliss-reactive ketones (excluding diaryl/α,β-unsaturated/α-hetero) is 1. The standard InChI is InChI=1S/C26H27NO2S/c1-19(28)26-23(17-24(30-26)22-14-6-3-7-15-22)27(18-21-12-4-2-5-13-21)25(29)16-20-10-8-9-11-20/h2-7,12-15,17,20H,8-11,16,18H2,1H3. The van der Waals surface area contributed by atoms with E-state index < -0.39 is 0 Å². The number of benzene rings is 2. The Morgan fingerprint density at radius 3 is 2.23 bits per heavy atom. The van der Waals surface area contributed by atoms with Crippen molar-refractivity contribution in [3.63, 3.8) is 0 Å². The summed E-state index contributed by atoms with van der Waals surface area (Å²) in [6.45, 7) is 2.07. The molecule has 4 rings (SSSR count). The van der Waals surface area contributed by atoms with Crippen molar-refractivity contribution in [3.05, 3.63) is 77.2 Å². The highest BCUT2D eigenvalue weighted by Crippen LogP contribution is 2.39. The second-order valence-electron chi connectivity index (χ2n) is 8.07. The van der Waals surface area contributed by atoms with Crippen molar-refractivity contribution in [2.45, 2.75) is 45.6 Å². The summed E-state index contributed by atoms with van der Waals surface area (Å²) in [4.78, 5) is 29.5. The van der Waals surface area contributed by atoms with E-state index in [4.69, 9.17) is 0 Å². The van der Waals surface area contributed by atoms with Gasteiger partial charge in [0.2, 0.25) is 5.91 Å². The molecule has 0 aliphatic heterocycles. The van der Waals surface area contributed by atoms with Gasteiger partial charge in [-0.15, -0.1) is 11.3 Å². The summed E-state index contributed by atoms with van der Waals surface area (Å²) in [7, 11) is 0. The molecule has 2 aromatic carbocycles. The zero-order valence-electron chi connectivity index (χ0n) is 17.3. The number of carbonyl (C=O) groups is 2. The van der Waals surface area contributed by atoms with Crippen LogP contribution in [0.3, 0.4) is 0 Å². The van der Waals surface area contributed by atoms with Crippen LogP contribution in [0.2, 0.25) is 0 Å². The van der Waals surface area contributed by atoms with Crippen LogP contribution in [0.1, 0.15) is 54.3 Å². The van der Waals surface area contributed by atoms with E-state index in [0.29, 0.717) is 23.8 Å². The van der Waals surface area contributed by atoms with Gasteiger partial charge in [0.25, 0.3) is 0 Å². The van der Waals surface area contributed by atoms with E-state index in [1.165, 1.54) is 24.2 Å². The van der Waals surface area contributed by atoms with Crippen LogP contribution >= 0.6 is 11.3 Å². The molecule has 0 spiro atoms. The molecule has 1 amide bonds. The molecule has 1 fully saturated rings. The molecule has 1 aromatic heterocycles. The van der Waals surface area contributed by atoms with Crippen molar-refractivity contribution in [3.8, 4) is 10.4 Å². The van der Waals surface area contributed by atoms with Gasteiger partial charge in [-0.2, -0.15) is 0 Å². The fourth-order valence-corrected chi connectivity index (χ4v) is 5.29. The highest BCUT2D eigenvalue weighted by Gasteiger charge is 2.27. The number of ketones is 1. The monoisotopic (exact) mass is 417 g/mol. The molecular formula is C26H27NO2S. The predicted octanol–water partition coefficient (Wildman–Crippen LogP) is 6.73. The van der Waals surface area contributed by atoms with Crippen molar-refractivity contribution in [2.75, 3.05) is 4.90 Å². The lowest BCUT2D eigenvalue weighted by atomic mass is 10.0. The molecule has 1 saturated carbocycles. The Morgan fingerprint density at radius 1 is 0.967 bits per heavy atom. The summed E-state index contributed by atoms with van der Waals surface area (Å²) < 4.78 is 0. The van der Waals surface area contributed by atoms with Gasteiger partial charge >= 0.3 is 0 Å². The predicted molar refractivity (Wildman–Crippen MR) is 124 cm³/mol. The highest BCUT2D eigenvalue weighted by atomic mass is 32.1. The fraction of sp³-hybridized carbons (Fsp3) is 0.308. The zero-order chi connectivity index (χ0) is 20.9. The quantitative estimate of drug-likeness (QED) is 0.400. The summed E-state index contributed by atoms with van der Waals surface area (Å²) >= 11 is 1.48. The first-order valence-electron chi connectivity index (χ1n) is 10.7.